The molecule has 0 aliphatic rings. The predicted molar refractivity (Wildman–Crippen MR) is 80.8 cm³/mol. The van der Waals surface area contributed by atoms with Gasteiger partial charge in [-0.15, -0.1) is 0 Å². The number of rotatable bonds is 4. The Morgan fingerprint density at radius 3 is 2.47 bits per heavy atom. The van der Waals surface area contributed by atoms with Crippen molar-refractivity contribution in [3.05, 3.63) is 65.5 Å². The molecular weight excluding hydrogens is 259 g/mol. The maximum atomic E-state index is 13.7. The summed E-state index contributed by atoms with van der Waals surface area (Å²) in [5.74, 6) is -0.405. The van der Waals surface area contributed by atoms with Crippen LogP contribution in [-0.2, 0) is 0 Å². The largest absolute Gasteiger partial charge is 0.389 e. The van der Waals surface area contributed by atoms with Crippen LogP contribution in [0.2, 0.25) is 0 Å². The summed E-state index contributed by atoms with van der Waals surface area (Å²) in [7, 11) is 0. The lowest BCUT2D eigenvalue weighted by molar-refractivity contribution is 0.625. The number of halogens is 1. The Kier molecular flexibility index (Phi) is 4.12. The van der Waals surface area contributed by atoms with Crippen LogP contribution >= 0.6 is 12.2 Å². The summed E-state index contributed by atoms with van der Waals surface area (Å²) in [6, 6.07) is 14.8. The Labute approximate surface area is 117 Å². The van der Waals surface area contributed by atoms with Crippen LogP contribution in [0.25, 0.3) is 0 Å². The number of nitrogens with one attached hydrogen (secondary N) is 1. The van der Waals surface area contributed by atoms with Gasteiger partial charge in [-0.25, -0.2) is 4.39 Å². The molecule has 0 radical (unpaired) electrons. The van der Waals surface area contributed by atoms with Crippen LogP contribution in [0, 0.1) is 5.82 Å². The van der Waals surface area contributed by atoms with Crippen LogP contribution in [0.5, 0.6) is 0 Å². The van der Waals surface area contributed by atoms with Crippen LogP contribution in [0.3, 0.4) is 0 Å². The maximum Gasteiger partial charge on any atom is 0.135 e. The van der Waals surface area contributed by atoms with Crippen molar-refractivity contribution in [2.75, 3.05) is 5.32 Å². The predicted octanol–water partition coefficient (Wildman–Crippen LogP) is 3.63. The first-order chi connectivity index (χ1) is 9.08. The zero-order valence-corrected chi connectivity index (χ0v) is 11.4. The smallest absolute Gasteiger partial charge is 0.135 e. The quantitative estimate of drug-likeness (QED) is 0.836. The Morgan fingerprint density at radius 1 is 1.21 bits per heavy atom. The minimum atomic E-state index is -0.405. The summed E-state index contributed by atoms with van der Waals surface area (Å²) < 4.78 is 13.7. The van der Waals surface area contributed by atoms with Gasteiger partial charge in [-0.1, -0.05) is 42.5 Å². The molecule has 2 aromatic carbocycles. The number of nitrogens with two attached hydrogens (primary N) is 1. The van der Waals surface area contributed by atoms with Crippen LogP contribution in [0.4, 0.5) is 10.1 Å². The van der Waals surface area contributed by atoms with Crippen molar-refractivity contribution in [1.29, 1.82) is 0 Å². The van der Waals surface area contributed by atoms with Gasteiger partial charge in [0.15, 0.2) is 0 Å². The van der Waals surface area contributed by atoms with Crippen LogP contribution in [0.1, 0.15) is 24.1 Å². The van der Waals surface area contributed by atoms with Gasteiger partial charge in [0.2, 0.25) is 0 Å². The lowest BCUT2D eigenvalue weighted by Crippen LogP contribution is -2.12. The molecule has 4 heteroatoms. The summed E-state index contributed by atoms with van der Waals surface area (Å²) >= 11 is 4.77. The van der Waals surface area contributed by atoms with E-state index in [0.717, 1.165) is 5.56 Å². The lowest BCUT2D eigenvalue weighted by atomic mass is 10.1. The molecule has 0 saturated heterocycles. The van der Waals surface area contributed by atoms with Crippen molar-refractivity contribution in [1.82, 2.24) is 0 Å². The van der Waals surface area contributed by atoms with Gasteiger partial charge in [-0.2, -0.15) is 0 Å². The molecule has 2 rings (SSSR count). The first kappa shape index (κ1) is 13.5. The molecule has 98 valence electrons. The molecule has 0 aliphatic heterocycles. The fraction of sp³-hybridized carbons (Fsp3) is 0.133. The average Bonchev–Trinajstić information content (AvgIpc) is 2.39. The zero-order valence-electron chi connectivity index (χ0n) is 10.6. The van der Waals surface area contributed by atoms with E-state index in [4.69, 9.17) is 18.0 Å². The van der Waals surface area contributed by atoms with Gasteiger partial charge in [0, 0.05) is 17.3 Å². The molecule has 0 bridgehead atoms. The minimum Gasteiger partial charge on any atom is -0.389 e. The standard InChI is InChI=1S/C15H15FN2S/c1-10(11-5-3-2-4-6-11)18-12-7-8-13(15(17)19)14(16)9-12/h2-10,18H,1H3,(H2,17,19). The van der Waals surface area contributed by atoms with Gasteiger partial charge in [-0.05, 0) is 30.7 Å². The first-order valence-electron chi connectivity index (χ1n) is 5.99. The molecule has 0 aliphatic carbocycles. The van der Waals surface area contributed by atoms with Crippen LogP contribution < -0.4 is 11.1 Å². The molecule has 19 heavy (non-hydrogen) atoms. The highest BCUT2D eigenvalue weighted by atomic mass is 32.1. The number of hydrogen-bond donors (Lipinski definition) is 2. The van der Waals surface area contributed by atoms with Crippen molar-refractivity contribution >= 4 is 22.9 Å². The molecule has 1 unspecified atom stereocenters. The van der Waals surface area contributed by atoms with Crippen molar-refractivity contribution in [2.45, 2.75) is 13.0 Å². The SMILES string of the molecule is CC(Nc1ccc(C(N)=S)c(F)c1)c1ccccc1. The Balaban J connectivity index is 2.16. The molecule has 0 heterocycles. The highest BCUT2D eigenvalue weighted by Gasteiger charge is 2.08. The molecule has 0 aromatic heterocycles. The molecule has 3 N–H and O–H groups in total. The fourth-order valence-electron chi connectivity index (χ4n) is 1.88. The third-order valence-electron chi connectivity index (χ3n) is 2.92. The van der Waals surface area contributed by atoms with Gasteiger partial charge < -0.3 is 11.1 Å². The summed E-state index contributed by atoms with van der Waals surface area (Å²) in [6.45, 7) is 2.02. The fourth-order valence-corrected chi connectivity index (χ4v) is 2.05. The molecule has 0 saturated carbocycles. The van der Waals surface area contributed by atoms with Crippen LogP contribution in [-0.4, -0.2) is 4.99 Å². The Bertz CT molecular complexity index is 584. The van der Waals surface area contributed by atoms with E-state index in [1.54, 1.807) is 12.1 Å². The van der Waals surface area contributed by atoms with E-state index >= 15 is 0 Å². The monoisotopic (exact) mass is 274 g/mol. The number of thiocarbonyl (C=S) groups is 1. The molecule has 2 nitrogen and oxygen atoms in total. The highest BCUT2D eigenvalue weighted by Crippen LogP contribution is 2.21. The van der Waals surface area contributed by atoms with Gasteiger partial charge in [-0.3, -0.25) is 0 Å². The van der Waals surface area contributed by atoms with E-state index in [1.807, 2.05) is 37.3 Å². The molecule has 0 fully saturated rings. The summed E-state index contributed by atoms with van der Waals surface area (Å²) in [4.78, 5) is 0.0696. The molecule has 0 spiro atoms. The molecule has 0 amide bonds. The third-order valence-corrected chi connectivity index (χ3v) is 3.14. The second-order valence-electron chi connectivity index (χ2n) is 4.34. The average molecular weight is 274 g/mol. The first-order valence-corrected chi connectivity index (χ1v) is 6.39. The van der Waals surface area contributed by atoms with Gasteiger partial charge in [0.05, 0.1) is 0 Å². The molecule has 1 atom stereocenters. The van der Waals surface area contributed by atoms with E-state index in [1.165, 1.54) is 6.07 Å². The zero-order chi connectivity index (χ0) is 13.8. The number of benzene rings is 2. The van der Waals surface area contributed by atoms with Gasteiger partial charge >= 0.3 is 0 Å². The lowest BCUT2D eigenvalue weighted by Gasteiger charge is -2.16. The summed E-state index contributed by atoms with van der Waals surface area (Å²) in [6.07, 6.45) is 0. The van der Waals surface area contributed by atoms with Gasteiger partial charge in [0.25, 0.3) is 0 Å². The van der Waals surface area contributed by atoms with E-state index < -0.39 is 5.82 Å². The second kappa shape index (κ2) is 5.80. The maximum absolute atomic E-state index is 13.7. The van der Waals surface area contributed by atoms with E-state index in [9.17, 15) is 4.39 Å². The third kappa shape index (κ3) is 3.29. The highest BCUT2D eigenvalue weighted by molar-refractivity contribution is 7.80. The Morgan fingerprint density at radius 2 is 1.89 bits per heavy atom. The number of hydrogen-bond acceptors (Lipinski definition) is 2. The minimum absolute atomic E-state index is 0.0696. The van der Waals surface area contributed by atoms with Crippen molar-refractivity contribution in [3.8, 4) is 0 Å². The second-order valence-corrected chi connectivity index (χ2v) is 4.78. The van der Waals surface area contributed by atoms with Gasteiger partial charge in [0.1, 0.15) is 10.8 Å². The molecular formula is C15H15FN2S. The van der Waals surface area contributed by atoms with E-state index in [-0.39, 0.29) is 16.6 Å². The van der Waals surface area contributed by atoms with E-state index in [2.05, 4.69) is 5.32 Å². The summed E-state index contributed by atoms with van der Waals surface area (Å²) in [5.41, 5.74) is 7.54. The van der Waals surface area contributed by atoms with Crippen molar-refractivity contribution in [3.63, 3.8) is 0 Å². The molecule has 2 aromatic rings. The van der Waals surface area contributed by atoms with Crippen LogP contribution in [0.15, 0.2) is 48.5 Å². The summed E-state index contributed by atoms with van der Waals surface area (Å²) in [5, 5.41) is 3.24. The Hall–Kier alpha value is -1.94. The van der Waals surface area contributed by atoms with E-state index in [0.29, 0.717) is 5.69 Å². The normalized spacial score (nSPS) is 11.9. The van der Waals surface area contributed by atoms with Crippen molar-refractivity contribution < 1.29 is 4.39 Å². The van der Waals surface area contributed by atoms with Crippen molar-refractivity contribution in [2.24, 2.45) is 5.73 Å². The topological polar surface area (TPSA) is 38.0 Å². The number of anilines is 1.